The van der Waals surface area contributed by atoms with Crippen molar-refractivity contribution < 1.29 is 5.11 Å². The SMILES string of the molecule is CC(C)=CC(O)c1cnc2ccccc2n1. The number of aromatic nitrogens is 2. The molecule has 0 radical (unpaired) electrons. The van der Waals surface area contributed by atoms with Gasteiger partial charge in [-0.15, -0.1) is 0 Å². The Bertz CT molecular complexity index is 530. The van der Waals surface area contributed by atoms with E-state index in [0.29, 0.717) is 5.69 Å². The number of rotatable bonds is 2. The summed E-state index contributed by atoms with van der Waals surface area (Å²) in [6.07, 6.45) is 2.70. The maximum atomic E-state index is 9.87. The zero-order chi connectivity index (χ0) is 11.5. The third-order valence-electron chi connectivity index (χ3n) is 2.26. The molecule has 16 heavy (non-hydrogen) atoms. The number of nitrogens with zero attached hydrogens (tertiary/aromatic N) is 2. The molecule has 2 aromatic rings. The van der Waals surface area contributed by atoms with Crippen LogP contribution >= 0.6 is 0 Å². The Kier molecular flexibility index (Phi) is 2.97. The summed E-state index contributed by atoms with van der Waals surface area (Å²) < 4.78 is 0. The van der Waals surface area contributed by atoms with Crippen LogP contribution in [-0.4, -0.2) is 15.1 Å². The lowest BCUT2D eigenvalue weighted by Crippen LogP contribution is -1.99. The van der Waals surface area contributed by atoms with Crippen molar-refractivity contribution in [2.75, 3.05) is 0 Å². The molecule has 0 fully saturated rings. The molecule has 1 atom stereocenters. The molecular weight excluding hydrogens is 200 g/mol. The molecule has 0 aliphatic heterocycles. The van der Waals surface area contributed by atoms with Crippen molar-refractivity contribution in [1.82, 2.24) is 9.97 Å². The van der Waals surface area contributed by atoms with E-state index in [2.05, 4.69) is 9.97 Å². The summed E-state index contributed by atoms with van der Waals surface area (Å²) in [6, 6.07) is 7.62. The standard InChI is InChI=1S/C13H14N2O/c1-9(2)7-13(16)12-8-14-10-5-3-4-6-11(10)15-12/h3-8,13,16H,1-2H3. The van der Waals surface area contributed by atoms with Crippen LogP contribution in [0.3, 0.4) is 0 Å². The van der Waals surface area contributed by atoms with Crippen LogP contribution in [0.2, 0.25) is 0 Å². The monoisotopic (exact) mass is 214 g/mol. The molecule has 82 valence electrons. The van der Waals surface area contributed by atoms with E-state index in [1.54, 1.807) is 12.3 Å². The van der Waals surface area contributed by atoms with Crippen molar-refractivity contribution in [1.29, 1.82) is 0 Å². The molecule has 1 aromatic carbocycles. The lowest BCUT2D eigenvalue weighted by Gasteiger charge is -2.06. The van der Waals surface area contributed by atoms with Crippen molar-refractivity contribution in [3.8, 4) is 0 Å². The van der Waals surface area contributed by atoms with Crippen LogP contribution in [0.1, 0.15) is 25.6 Å². The van der Waals surface area contributed by atoms with Gasteiger partial charge < -0.3 is 5.11 Å². The van der Waals surface area contributed by atoms with Crippen LogP contribution in [0.25, 0.3) is 11.0 Å². The van der Waals surface area contributed by atoms with E-state index in [0.717, 1.165) is 16.6 Å². The molecule has 0 saturated carbocycles. The molecule has 3 heteroatoms. The highest BCUT2D eigenvalue weighted by molar-refractivity contribution is 5.73. The maximum absolute atomic E-state index is 9.87. The molecule has 0 spiro atoms. The van der Waals surface area contributed by atoms with Gasteiger partial charge in [-0.1, -0.05) is 23.8 Å². The fourth-order valence-electron chi connectivity index (χ4n) is 1.52. The summed E-state index contributed by atoms with van der Waals surface area (Å²) >= 11 is 0. The third kappa shape index (κ3) is 2.25. The first kappa shape index (κ1) is 10.8. The summed E-state index contributed by atoms with van der Waals surface area (Å²) in [7, 11) is 0. The molecular formula is C13H14N2O. The van der Waals surface area contributed by atoms with Crippen LogP contribution in [-0.2, 0) is 0 Å². The van der Waals surface area contributed by atoms with Gasteiger partial charge in [-0.05, 0) is 26.0 Å². The third-order valence-corrected chi connectivity index (χ3v) is 2.26. The van der Waals surface area contributed by atoms with Gasteiger partial charge in [0.2, 0.25) is 0 Å². The molecule has 1 N–H and O–H groups in total. The smallest absolute Gasteiger partial charge is 0.116 e. The Labute approximate surface area is 94.5 Å². The lowest BCUT2D eigenvalue weighted by atomic mass is 10.2. The Hall–Kier alpha value is -1.74. The lowest BCUT2D eigenvalue weighted by molar-refractivity contribution is 0.222. The van der Waals surface area contributed by atoms with E-state index in [4.69, 9.17) is 0 Å². The van der Waals surface area contributed by atoms with E-state index in [1.165, 1.54) is 0 Å². The molecule has 0 aliphatic carbocycles. The van der Waals surface area contributed by atoms with Crippen molar-refractivity contribution in [3.63, 3.8) is 0 Å². The molecule has 0 saturated heterocycles. The van der Waals surface area contributed by atoms with E-state index < -0.39 is 6.10 Å². The van der Waals surface area contributed by atoms with E-state index in [-0.39, 0.29) is 0 Å². The Morgan fingerprint density at radius 3 is 2.62 bits per heavy atom. The molecule has 0 aliphatic rings. The Morgan fingerprint density at radius 1 is 1.25 bits per heavy atom. The first-order valence-corrected chi connectivity index (χ1v) is 5.21. The molecule has 3 nitrogen and oxygen atoms in total. The Balaban J connectivity index is 2.43. The number of hydrogen-bond acceptors (Lipinski definition) is 3. The largest absolute Gasteiger partial charge is 0.383 e. The highest BCUT2D eigenvalue weighted by atomic mass is 16.3. The number of para-hydroxylation sites is 2. The van der Waals surface area contributed by atoms with Gasteiger partial charge in [-0.2, -0.15) is 0 Å². The zero-order valence-corrected chi connectivity index (χ0v) is 9.38. The van der Waals surface area contributed by atoms with Crippen molar-refractivity contribution in [3.05, 3.63) is 47.8 Å². The van der Waals surface area contributed by atoms with Crippen molar-refractivity contribution in [2.45, 2.75) is 20.0 Å². The first-order chi connectivity index (χ1) is 7.66. The number of aliphatic hydroxyl groups excluding tert-OH is 1. The predicted octanol–water partition coefficient (Wildman–Crippen LogP) is 2.63. The van der Waals surface area contributed by atoms with Crippen LogP contribution in [0.15, 0.2) is 42.1 Å². The highest BCUT2D eigenvalue weighted by Crippen LogP contribution is 2.16. The van der Waals surface area contributed by atoms with Gasteiger partial charge in [0, 0.05) is 0 Å². The normalized spacial score (nSPS) is 12.4. The first-order valence-electron chi connectivity index (χ1n) is 5.21. The van der Waals surface area contributed by atoms with E-state index in [1.807, 2.05) is 38.1 Å². The quantitative estimate of drug-likeness (QED) is 0.782. The summed E-state index contributed by atoms with van der Waals surface area (Å²) in [4.78, 5) is 8.63. The maximum Gasteiger partial charge on any atom is 0.116 e. The average Bonchev–Trinajstić information content (AvgIpc) is 2.27. The number of allylic oxidation sites excluding steroid dienone is 1. The zero-order valence-electron chi connectivity index (χ0n) is 9.38. The van der Waals surface area contributed by atoms with Gasteiger partial charge >= 0.3 is 0 Å². The van der Waals surface area contributed by atoms with Gasteiger partial charge in [-0.3, -0.25) is 4.98 Å². The second kappa shape index (κ2) is 4.41. The number of benzene rings is 1. The van der Waals surface area contributed by atoms with Crippen molar-refractivity contribution >= 4 is 11.0 Å². The van der Waals surface area contributed by atoms with Gasteiger partial charge in [0.05, 0.1) is 22.9 Å². The van der Waals surface area contributed by atoms with Gasteiger partial charge in [0.25, 0.3) is 0 Å². The summed E-state index contributed by atoms with van der Waals surface area (Å²) in [6.45, 7) is 3.88. The predicted molar refractivity (Wildman–Crippen MR) is 63.9 cm³/mol. The van der Waals surface area contributed by atoms with Crippen LogP contribution in [0.5, 0.6) is 0 Å². The van der Waals surface area contributed by atoms with Crippen LogP contribution in [0.4, 0.5) is 0 Å². The number of fused-ring (bicyclic) bond motifs is 1. The molecule has 2 rings (SSSR count). The fourth-order valence-corrected chi connectivity index (χ4v) is 1.52. The number of hydrogen-bond donors (Lipinski definition) is 1. The summed E-state index contributed by atoms with van der Waals surface area (Å²) in [5.74, 6) is 0. The molecule has 1 aromatic heterocycles. The minimum atomic E-state index is -0.679. The van der Waals surface area contributed by atoms with Gasteiger partial charge in [0.15, 0.2) is 0 Å². The van der Waals surface area contributed by atoms with E-state index in [9.17, 15) is 5.11 Å². The van der Waals surface area contributed by atoms with Gasteiger partial charge in [-0.25, -0.2) is 4.98 Å². The molecule has 0 bridgehead atoms. The Morgan fingerprint density at radius 2 is 1.94 bits per heavy atom. The minimum Gasteiger partial charge on any atom is -0.383 e. The van der Waals surface area contributed by atoms with Crippen LogP contribution in [0, 0.1) is 0 Å². The second-order valence-electron chi connectivity index (χ2n) is 3.97. The fraction of sp³-hybridized carbons (Fsp3) is 0.231. The van der Waals surface area contributed by atoms with Crippen LogP contribution < -0.4 is 0 Å². The van der Waals surface area contributed by atoms with Gasteiger partial charge in [0.1, 0.15) is 6.10 Å². The molecule has 0 amide bonds. The molecule has 1 unspecified atom stereocenters. The summed E-state index contributed by atoms with van der Waals surface area (Å²) in [5, 5.41) is 9.87. The molecule has 1 heterocycles. The highest BCUT2D eigenvalue weighted by Gasteiger charge is 2.07. The second-order valence-corrected chi connectivity index (χ2v) is 3.97. The summed E-state index contributed by atoms with van der Waals surface area (Å²) in [5.41, 5.74) is 3.29. The number of aliphatic hydroxyl groups is 1. The van der Waals surface area contributed by atoms with Crippen molar-refractivity contribution in [2.24, 2.45) is 0 Å². The topological polar surface area (TPSA) is 46.0 Å². The average molecular weight is 214 g/mol. The minimum absolute atomic E-state index is 0.583. The van der Waals surface area contributed by atoms with E-state index >= 15 is 0 Å².